The number of carbonyl (C=O) groups excluding carboxylic acids is 1. The van der Waals surface area contributed by atoms with Crippen molar-refractivity contribution in [3.05, 3.63) is 77.1 Å². The molecule has 2 aromatic carbocycles. The fourth-order valence-corrected chi connectivity index (χ4v) is 3.86. The lowest BCUT2D eigenvalue weighted by atomic mass is 9.95. The SMILES string of the molecule is C[n+]1c([C@@H](COCc2ccccc2)NC(=O)C(C)(C)C)nnn1SCc1ccccc1C#N. The van der Waals surface area contributed by atoms with Crippen LogP contribution in [-0.2, 0) is 28.9 Å². The van der Waals surface area contributed by atoms with Crippen LogP contribution < -0.4 is 10.00 Å². The Kier molecular flexibility index (Phi) is 8.20. The van der Waals surface area contributed by atoms with Crippen molar-refractivity contribution in [3.63, 3.8) is 0 Å². The quantitative estimate of drug-likeness (QED) is 0.488. The maximum Gasteiger partial charge on any atom is 0.326 e. The third-order valence-electron chi connectivity index (χ3n) is 4.98. The Morgan fingerprint density at radius 3 is 2.61 bits per heavy atom. The second-order valence-corrected chi connectivity index (χ2v) is 9.52. The molecule has 0 radical (unpaired) electrons. The number of benzene rings is 2. The number of ether oxygens (including phenoxy) is 1. The van der Waals surface area contributed by atoms with E-state index in [9.17, 15) is 10.1 Å². The van der Waals surface area contributed by atoms with Crippen molar-refractivity contribution in [1.29, 1.82) is 5.26 Å². The minimum atomic E-state index is -0.554. The monoisotopic (exact) mass is 465 g/mol. The van der Waals surface area contributed by atoms with Gasteiger partial charge in [0.1, 0.15) is 11.1 Å². The molecule has 3 aromatic rings. The zero-order valence-electron chi connectivity index (χ0n) is 19.4. The molecular weight excluding hydrogens is 436 g/mol. The highest BCUT2D eigenvalue weighted by Crippen LogP contribution is 2.19. The van der Waals surface area contributed by atoms with Gasteiger partial charge in [0, 0.05) is 27.3 Å². The van der Waals surface area contributed by atoms with E-state index in [-0.39, 0.29) is 12.5 Å². The molecule has 0 aliphatic carbocycles. The number of carbonyl (C=O) groups is 1. The number of hydrogen-bond acceptors (Lipinski definition) is 6. The van der Waals surface area contributed by atoms with E-state index in [0.29, 0.717) is 23.7 Å². The van der Waals surface area contributed by atoms with E-state index in [0.717, 1.165) is 11.1 Å². The van der Waals surface area contributed by atoms with Crippen LogP contribution in [0.1, 0.15) is 49.3 Å². The first-order chi connectivity index (χ1) is 15.8. The maximum absolute atomic E-state index is 12.7. The molecule has 33 heavy (non-hydrogen) atoms. The Balaban J connectivity index is 1.74. The minimum Gasteiger partial charge on any atom is -0.374 e. The van der Waals surface area contributed by atoms with Crippen molar-refractivity contribution in [2.45, 2.75) is 39.2 Å². The molecule has 0 spiro atoms. The molecule has 0 aliphatic rings. The second kappa shape index (κ2) is 11.1. The fraction of sp³-hybridized carbons (Fsp3) is 0.375. The van der Waals surface area contributed by atoms with Gasteiger partial charge < -0.3 is 10.1 Å². The maximum atomic E-state index is 12.7. The number of nitrogens with one attached hydrogen (secondary N) is 1. The van der Waals surface area contributed by atoms with E-state index in [1.165, 1.54) is 11.9 Å². The van der Waals surface area contributed by atoms with Gasteiger partial charge in [-0.3, -0.25) is 4.79 Å². The van der Waals surface area contributed by atoms with E-state index >= 15 is 0 Å². The lowest BCUT2D eigenvalue weighted by Gasteiger charge is -2.22. The van der Waals surface area contributed by atoms with Gasteiger partial charge in [-0.05, 0) is 17.2 Å². The Morgan fingerprint density at radius 2 is 1.91 bits per heavy atom. The van der Waals surface area contributed by atoms with E-state index < -0.39 is 11.5 Å². The van der Waals surface area contributed by atoms with Gasteiger partial charge in [-0.2, -0.15) is 9.94 Å². The van der Waals surface area contributed by atoms with E-state index in [1.54, 1.807) is 14.9 Å². The smallest absolute Gasteiger partial charge is 0.326 e. The number of nitrogens with zero attached hydrogens (tertiary/aromatic N) is 5. The molecule has 1 aromatic heterocycles. The van der Waals surface area contributed by atoms with E-state index in [2.05, 4.69) is 21.7 Å². The van der Waals surface area contributed by atoms with Crippen LogP contribution >= 0.6 is 11.9 Å². The lowest BCUT2D eigenvalue weighted by molar-refractivity contribution is -0.748. The molecule has 0 aliphatic heterocycles. The Morgan fingerprint density at radius 1 is 1.21 bits per heavy atom. The average Bonchev–Trinajstić information content (AvgIpc) is 3.17. The van der Waals surface area contributed by atoms with Crippen LogP contribution in [0.2, 0.25) is 0 Å². The van der Waals surface area contributed by atoms with Crippen LogP contribution in [0.15, 0.2) is 54.6 Å². The summed E-state index contributed by atoms with van der Waals surface area (Å²) in [6, 6.07) is 19.1. The number of amides is 1. The molecule has 0 unspecified atom stereocenters. The molecular formula is C24H29N6O2S+. The largest absolute Gasteiger partial charge is 0.374 e. The molecule has 172 valence electrons. The average molecular weight is 466 g/mol. The van der Waals surface area contributed by atoms with Crippen molar-refractivity contribution in [2.24, 2.45) is 12.5 Å². The lowest BCUT2D eigenvalue weighted by Crippen LogP contribution is -2.47. The normalized spacial score (nSPS) is 12.2. The van der Waals surface area contributed by atoms with Crippen LogP contribution in [0.3, 0.4) is 0 Å². The van der Waals surface area contributed by atoms with Crippen LogP contribution in [0.4, 0.5) is 0 Å². The highest BCUT2D eigenvalue weighted by Gasteiger charge is 2.32. The summed E-state index contributed by atoms with van der Waals surface area (Å²) in [6.07, 6.45) is 0. The van der Waals surface area contributed by atoms with Crippen LogP contribution in [0.5, 0.6) is 0 Å². The molecule has 1 amide bonds. The van der Waals surface area contributed by atoms with Gasteiger partial charge in [0.05, 0.1) is 31.9 Å². The predicted octanol–water partition coefficient (Wildman–Crippen LogP) is 3.09. The van der Waals surface area contributed by atoms with E-state index in [1.807, 2.05) is 76.3 Å². The molecule has 9 heteroatoms. The van der Waals surface area contributed by atoms with Gasteiger partial charge >= 0.3 is 5.82 Å². The first kappa shape index (κ1) is 24.4. The first-order valence-corrected chi connectivity index (χ1v) is 11.6. The number of rotatable bonds is 9. The fourth-order valence-electron chi connectivity index (χ4n) is 3.01. The summed E-state index contributed by atoms with van der Waals surface area (Å²) in [5.41, 5.74) is 2.06. The standard InChI is InChI=1S/C24H28N6O2S/c1-24(2,3)23(31)26-21(16-32-15-18-10-6-5-7-11-18)22-27-28-30(29(22)4)33-17-20-13-9-8-12-19(20)14-25/h5-13,21H,15-17H2,1-4H3/p+1/t21-/m1/s1. The molecule has 1 N–H and O–H groups in total. The molecule has 0 fully saturated rings. The van der Waals surface area contributed by atoms with Gasteiger partial charge in [-0.1, -0.05) is 69.3 Å². The van der Waals surface area contributed by atoms with E-state index in [4.69, 9.17) is 4.74 Å². The van der Waals surface area contributed by atoms with Crippen LogP contribution in [0.25, 0.3) is 0 Å². The summed E-state index contributed by atoms with van der Waals surface area (Å²) in [6.45, 7) is 6.28. The Labute approximate surface area is 198 Å². The van der Waals surface area contributed by atoms with Crippen molar-refractivity contribution >= 4 is 17.9 Å². The summed E-state index contributed by atoms with van der Waals surface area (Å²) in [4.78, 5) is 12.7. The zero-order chi connectivity index (χ0) is 23.8. The van der Waals surface area contributed by atoms with Crippen molar-refractivity contribution < 1.29 is 14.2 Å². The molecule has 0 saturated heterocycles. The van der Waals surface area contributed by atoms with Gasteiger partial charge in [-0.25, -0.2) is 0 Å². The number of hydrogen-bond donors (Lipinski definition) is 1. The van der Waals surface area contributed by atoms with Gasteiger partial charge in [0.15, 0.2) is 5.21 Å². The van der Waals surface area contributed by atoms with Crippen molar-refractivity contribution in [3.8, 4) is 6.07 Å². The van der Waals surface area contributed by atoms with Gasteiger partial charge in [0.25, 0.3) is 0 Å². The summed E-state index contributed by atoms with van der Waals surface area (Å²) < 4.78 is 9.37. The second-order valence-electron chi connectivity index (χ2n) is 8.64. The van der Waals surface area contributed by atoms with Gasteiger partial charge in [-0.15, -0.1) is 0 Å². The molecule has 1 atom stereocenters. The van der Waals surface area contributed by atoms with Crippen molar-refractivity contribution in [2.75, 3.05) is 6.61 Å². The molecule has 0 saturated carbocycles. The highest BCUT2D eigenvalue weighted by atomic mass is 32.2. The first-order valence-electron chi connectivity index (χ1n) is 10.7. The molecule has 8 nitrogen and oxygen atoms in total. The number of nitriles is 1. The van der Waals surface area contributed by atoms with Crippen LogP contribution in [-0.4, -0.2) is 27.0 Å². The topological polar surface area (TPSA) is 96.7 Å². The zero-order valence-corrected chi connectivity index (χ0v) is 20.2. The highest BCUT2D eigenvalue weighted by molar-refractivity contribution is 7.96. The summed E-state index contributed by atoms with van der Waals surface area (Å²) in [5.74, 6) is 1.05. The third kappa shape index (κ3) is 6.63. The molecule has 3 rings (SSSR count). The number of tetrazole rings is 1. The summed E-state index contributed by atoms with van der Waals surface area (Å²) in [5, 5.41) is 20.9. The minimum absolute atomic E-state index is 0.0963. The van der Waals surface area contributed by atoms with Gasteiger partial charge in [0.2, 0.25) is 5.91 Å². The number of aromatic nitrogens is 4. The van der Waals surface area contributed by atoms with Crippen LogP contribution in [0, 0.1) is 16.7 Å². The summed E-state index contributed by atoms with van der Waals surface area (Å²) in [7, 11) is 1.84. The molecule has 1 heterocycles. The van der Waals surface area contributed by atoms with Crippen molar-refractivity contribution in [1.82, 2.24) is 19.8 Å². The third-order valence-corrected chi connectivity index (χ3v) is 5.97. The predicted molar refractivity (Wildman–Crippen MR) is 125 cm³/mol. The summed E-state index contributed by atoms with van der Waals surface area (Å²) >= 11 is 1.41. The Hall–Kier alpha value is -3.22. The molecule has 0 bridgehead atoms. The Bertz CT molecular complexity index is 1120.